The molecular formula is C28H28F2N2O4. The molecule has 8 heteroatoms. The highest BCUT2D eigenvalue weighted by atomic mass is 19.1. The van der Waals surface area contributed by atoms with E-state index in [9.17, 15) is 23.2 Å². The van der Waals surface area contributed by atoms with Crippen molar-refractivity contribution in [2.75, 3.05) is 0 Å². The third-order valence-corrected chi connectivity index (χ3v) is 5.56. The maximum atomic E-state index is 13.5. The lowest BCUT2D eigenvalue weighted by Crippen LogP contribution is -2.51. The molecule has 3 aromatic carbocycles. The quantitative estimate of drug-likeness (QED) is 0.318. The van der Waals surface area contributed by atoms with Gasteiger partial charge in [-0.2, -0.15) is 0 Å². The van der Waals surface area contributed by atoms with Crippen LogP contribution in [0, 0.1) is 11.6 Å². The Balaban J connectivity index is 1.69. The number of carbonyl (C=O) groups excluding carboxylic acids is 3. The Bertz CT molecular complexity index is 1230. The minimum atomic E-state index is -0.983. The molecule has 0 radical (unpaired) electrons. The molecule has 0 fully saturated rings. The Morgan fingerprint density at radius 3 is 2.19 bits per heavy atom. The summed E-state index contributed by atoms with van der Waals surface area (Å²) in [6.07, 6.45) is 0.395. The molecule has 0 aliphatic heterocycles. The van der Waals surface area contributed by atoms with E-state index in [-0.39, 0.29) is 30.0 Å². The van der Waals surface area contributed by atoms with Gasteiger partial charge < -0.3 is 10.5 Å². The molecule has 0 aromatic heterocycles. The van der Waals surface area contributed by atoms with E-state index in [2.05, 4.69) is 5.32 Å². The number of carbonyl (C=O) groups is 3. The third-order valence-electron chi connectivity index (χ3n) is 5.56. The predicted octanol–water partition coefficient (Wildman–Crippen LogP) is 4.56. The number of ether oxygens (including phenoxy) is 1. The van der Waals surface area contributed by atoms with Crippen LogP contribution in [0.3, 0.4) is 0 Å². The number of esters is 2. The highest BCUT2D eigenvalue weighted by Crippen LogP contribution is 2.21. The van der Waals surface area contributed by atoms with Gasteiger partial charge in [0.15, 0.2) is 0 Å². The lowest BCUT2D eigenvalue weighted by Gasteiger charge is -2.31. The van der Waals surface area contributed by atoms with E-state index >= 15 is 0 Å². The van der Waals surface area contributed by atoms with Gasteiger partial charge in [0.1, 0.15) is 17.7 Å². The number of hydrogen-bond acceptors (Lipinski definition) is 5. The summed E-state index contributed by atoms with van der Waals surface area (Å²) in [6, 6.07) is 17.3. The zero-order chi connectivity index (χ0) is 26.3. The van der Waals surface area contributed by atoms with E-state index in [0.29, 0.717) is 17.5 Å². The summed E-state index contributed by atoms with van der Waals surface area (Å²) in [4.78, 5) is 36.9. The number of nitrogens with two attached hydrogens (primary N) is 1. The van der Waals surface area contributed by atoms with Crippen molar-refractivity contribution >= 4 is 17.8 Å². The summed E-state index contributed by atoms with van der Waals surface area (Å²) in [5.74, 6) is -3.02. The fourth-order valence-corrected chi connectivity index (χ4v) is 3.86. The van der Waals surface area contributed by atoms with Crippen LogP contribution >= 0.6 is 0 Å². The van der Waals surface area contributed by atoms with Gasteiger partial charge in [-0.3, -0.25) is 10.1 Å². The number of rotatable bonds is 10. The SMILES string of the molecule is CC(C)(Cc1ccc(F)cc1)N[C@@H](CCC(N)=O)C(=O)OC(=O)c1ccc(-c2cccc(F)c2)cc1. The van der Waals surface area contributed by atoms with Gasteiger partial charge in [0.25, 0.3) is 0 Å². The molecule has 3 rings (SSSR count). The number of hydrogen-bond donors (Lipinski definition) is 2. The fourth-order valence-electron chi connectivity index (χ4n) is 3.86. The topological polar surface area (TPSA) is 98.5 Å². The first-order chi connectivity index (χ1) is 17.0. The first kappa shape index (κ1) is 26.7. The van der Waals surface area contributed by atoms with Crippen LogP contribution < -0.4 is 11.1 Å². The van der Waals surface area contributed by atoms with Gasteiger partial charge in [-0.05, 0) is 79.8 Å². The summed E-state index contributed by atoms with van der Waals surface area (Å²) in [6.45, 7) is 3.68. The molecule has 0 unspecified atom stereocenters. The Hall–Kier alpha value is -3.91. The van der Waals surface area contributed by atoms with Crippen molar-refractivity contribution in [2.45, 2.75) is 44.7 Å². The van der Waals surface area contributed by atoms with Crippen LogP contribution in [0.15, 0.2) is 72.8 Å². The summed E-state index contributed by atoms with van der Waals surface area (Å²) in [5, 5.41) is 3.14. The maximum absolute atomic E-state index is 13.5. The molecule has 36 heavy (non-hydrogen) atoms. The first-order valence-electron chi connectivity index (χ1n) is 11.4. The van der Waals surface area contributed by atoms with Gasteiger partial charge in [-0.1, -0.05) is 36.4 Å². The smallest absolute Gasteiger partial charge is 0.345 e. The molecule has 1 atom stereocenters. The second kappa shape index (κ2) is 11.7. The summed E-state index contributed by atoms with van der Waals surface area (Å²) >= 11 is 0. The van der Waals surface area contributed by atoms with Gasteiger partial charge in [0, 0.05) is 12.0 Å². The van der Waals surface area contributed by atoms with Gasteiger partial charge in [-0.25, -0.2) is 18.4 Å². The van der Waals surface area contributed by atoms with Crippen molar-refractivity contribution in [3.63, 3.8) is 0 Å². The lowest BCUT2D eigenvalue weighted by atomic mass is 9.93. The molecule has 0 saturated heterocycles. The molecule has 0 heterocycles. The van der Waals surface area contributed by atoms with Crippen molar-refractivity contribution in [3.05, 3.63) is 95.6 Å². The van der Waals surface area contributed by atoms with Gasteiger partial charge >= 0.3 is 11.9 Å². The molecule has 0 spiro atoms. The average Bonchev–Trinajstić information content (AvgIpc) is 2.83. The summed E-state index contributed by atoms with van der Waals surface area (Å²) in [7, 11) is 0. The van der Waals surface area contributed by atoms with Crippen molar-refractivity contribution in [3.8, 4) is 11.1 Å². The zero-order valence-corrected chi connectivity index (χ0v) is 20.1. The van der Waals surface area contributed by atoms with E-state index in [1.54, 1.807) is 36.4 Å². The first-order valence-corrected chi connectivity index (χ1v) is 11.4. The molecule has 0 aliphatic carbocycles. The molecule has 188 valence electrons. The number of benzene rings is 3. The van der Waals surface area contributed by atoms with E-state index in [0.717, 1.165) is 5.56 Å². The van der Waals surface area contributed by atoms with Crippen molar-refractivity contribution in [1.82, 2.24) is 5.32 Å². The number of halogens is 2. The van der Waals surface area contributed by atoms with Crippen molar-refractivity contribution in [2.24, 2.45) is 5.73 Å². The molecular weight excluding hydrogens is 466 g/mol. The van der Waals surface area contributed by atoms with Crippen LogP contribution in [0.25, 0.3) is 11.1 Å². The maximum Gasteiger partial charge on any atom is 0.345 e. The van der Waals surface area contributed by atoms with Crippen LogP contribution in [0.1, 0.15) is 42.6 Å². The van der Waals surface area contributed by atoms with E-state index in [4.69, 9.17) is 10.5 Å². The second-order valence-electron chi connectivity index (χ2n) is 9.19. The van der Waals surface area contributed by atoms with Gasteiger partial charge in [-0.15, -0.1) is 0 Å². The summed E-state index contributed by atoms with van der Waals surface area (Å²) < 4.78 is 31.8. The van der Waals surface area contributed by atoms with Crippen LogP contribution in [-0.4, -0.2) is 29.4 Å². The van der Waals surface area contributed by atoms with Crippen molar-refractivity contribution < 1.29 is 27.9 Å². The van der Waals surface area contributed by atoms with Crippen LogP contribution in [0.2, 0.25) is 0 Å². The largest absolute Gasteiger partial charge is 0.388 e. The van der Waals surface area contributed by atoms with Crippen LogP contribution in [-0.2, 0) is 20.7 Å². The second-order valence-corrected chi connectivity index (χ2v) is 9.19. The van der Waals surface area contributed by atoms with Crippen LogP contribution in [0.4, 0.5) is 8.78 Å². The number of nitrogens with one attached hydrogen (secondary N) is 1. The Kier molecular flexibility index (Phi) is 8.66. The monoisotopic (exact) mass is 494 g/mol. The Labute approximate surface area is 208 Å². The predicted molar refractivity (Wildman–Crippen MR) is 132 cm³/mol. The molecule has 0 bridgehead atoms. The Morgan fingerprint density at radius 2 is 1.58 bits per heavy atom. The molecule has 3 aromatic rings. The standard InChI is InChI=1S/C28H28F2N2O4/c1-28(2,17-18-6-12-22(29)13-7-18)32-24(14-15-25(31)33)27(35)36-26(34)20-10-8-19(9-11-20)21-4-3-5-23(30)16-21/h3-13,16,24,32H,14-15,17H2,1-2H3,(H2,31,33)/t24-/m0/s1. The van der Waals surface area contributed by atoms with E-state index < -0.39 is 29.4 Å². The highest BCUT2D eigenvalue weighted by Gasteiger charge is 2.30. The molecule has 0 aliphatic rings. The minimum absolute atomic E-state index is 0.0345. The number of amides is 1. The molecule has 3 N–H and O–H groups in total. The van der Waals surface area contributed by atoms with E-state index in [1.807, 2.05) is 13.8 Å². The molecule has 6 nitrogen and oxygen atoms in total. The van der Waals surface area contributed by atoms with E-state index in [1.165, 1.54) is 36.4 Å². The van der Waals surface area contributed by atoms with Gasteiger partial charge in [0.2, 0.25) is 5.91 Å². The molecule has 0 saturated carbocycles. The minimum Gasteiger partial charge on any atom is -0.388 e. The highest BCUT2D eigenvalue weighted by molar-refractivity contribution is 5.98. The van der Waals surface area contributed by atoms with Gasteiger partial charge in [0.05, 0.1) is 5.56 Å². The zero-order valence-electron chi connectivity index (χ0n) is 20.1. The Morgan fingerprint density at radius 1 is 0.917 bits per heavy atom. The van der Waals surface area contributed by atoms with Crippen molar-refractivity contribution in [1.29, 1.82) is 0 Å². The fraction of sp³-hybridized carbons (Fsp3) is 0.250. The number of primary amides is 1. The molecule has 1 amide bonds. The third kappa shape index (κ3) is 7.81. The van der Waals surface area contributed by atoms with Crippen LogP contribution in [0.5, 0.6) is 0 Å². The normalized spacial score (nSPS) is 12.1. The lowest BCUT2D eigenvalue weighted by molar-refractivity contribution is -0.141. The average molecular weight is 495 g/mol. The summed E-state index contributed by atoms with van der Waals surface area (Å²) in [5.41, 5.74) is 6.92.